The maximum Gasteiger partial charge on any atom is 0.356 e. The minimum absolute atomic E-state index is 0.0111. The molecular formula is C29H24N2O4S. The molecule has 0 atom stereocenters. The molecule has 3 heterocycles. The Morgan fingerprint density at radius 2 is 1.72 bits per heavy atom. The van der Waals surface area contributed by atoms with Crippen molar-refractivity contribution in [1.82, 2.24) is 9.38 Å². The predicted octanol–water partition coefficient (Wildman–Crippen LogP) is 6.00. The van der Waals surface area contributed by atoms with Gasteiger partial charge in [-0.1, -0.05) is 60.3 Å². The van der Waals surface area contributed by atoms with E-state index in [0.717, 1.165) is 37.4 Å². The second-order valence-corrected chi connectivity index (χ2v) is 10.2. The number of aromatic nitrogens is 2. The Bertz CT molecular complexity index is 1590. The SMILES string of the molecule is O=C(O)c1cn2c(cc(-c3ccccc3)c3ccc(Sc4cccc(C5(O)CCOCC5)c4)cc32)n1. The maximum atomic E-state index is 11.6. The molecule has 1 saturated heterocycles. The highest BCUT2D eigenvalue weighted by molar-refractivity contribution is 7.99. The van der Waals surface area contributed by atoms with Crippen molar-refractivity contribution in [1.29, 1.82) is 0 Å². The van der Waals surface area contributed by atoms with Crippen LogP contribution in [0.15, 0.2) is 94.9 Å². The van der Waals surface area contributed by atoms with Gasteiger partial charge in [0.1, 0.15) is 5.65 Å². The number of aromatic carboxylic acids is 1. The van der Waals surface area contributed by atoms with Gasteiger partial charge in [-0.3, -0.25) is 4.40 Å². The van der Waals surface area contributed by atoms with Crippen LogP contribution in [0.3, 0.4) is 0 Å². The normalized spacial score (nSPS) is 15.4. The van der Waals surface area contributed by atoms with E-state index in [1.165, 1.54) is 0 Å². The molecule has 6 rings (SSSR count). The van der Waals surface area contributed by atoms with Gasteiger partial charge >= 0.3 is 5.97 Å². The molecule has 0 spiro atoms. The second-order valence-electron chi connectivity index (χ2n) is 9.04. The monoisotopic (exact) mass is 496 g/mol. The van der Waals surface area contributed by atoms with E-state index >= 15 is 0 Å². The Balaban J connectivity index is 1.45. The lowest BCUT2D eigenvalue weighted by Gasteiger charge is -2.32. The van der Waals surface area contributed by atoms with Crippen LogP contribution in [-0.2, 0) is 10.3 Å². The molecule has 6 nitrogen and oxygen atoms in total. The lowest BCUT2D eigenvalue weighted by molar-refractivity contribution is -0.0680. The van der Waals surface area contributed by atoms with Crippen molar-refractivity contribution >= 4 is 34.3 Å². The van der Waals surface area contributed by atoms with Crippen LogP contribution in [0.5, 0.6) is 0 Å². The molecule has 0 aliphatic carbocycles. The first-order chi connectivity index (χ1) is 17.5. The summed E-state index contributed by atoms with van der Waals surface area (Å²) in [5, 5.41) is 21.7. The first-order valence-electron chi connectivity index (χ1n) is 11.8. The largest absolute Gasteiger partial charge is 0.476 e. The van der Waals surface area contributed by atoms with Crippen LogP contribution in [0.25, 0.3) is 27.7 Å². The molecule has 36 heavy (non-hydrogen) atoms. The molecule has 0 amide bonds. The molecule has 7 heteroatoms. The lowest BCUT2D eigenvalue weighted by atomic mass is 9.87. The van der Waals surface area contributed by atoms with Gasteiger partial charge in [0.2, 0.25) is 0 Å². The average molecular weight is 497 g/mol. The van der Waals surface area contributed by atoms with Crippen LogP contribution in [-0.4, -0.2) is 38.8 Å². The van der Waals surface area contributed by atoms with Crippen LogP contribution >= 0.6 is 11.8 Å². The smallest absolute Gasteiger partial charge is 0.356 e. The number of imidazole rings is 1. The summed E-state index contributed by atoms with van der Waals surface area (Å²) in [5.74, 6) is -1.05. The van der Waals surface area contributed by atoms with Crippen molar-refractivity contribution in [2.75, 3.05) is 13.2 Å². The number of pyridine rings is 1. The lowest BCUT2D eigenvalue weighted by Crippen LogP contribution is -2.33. The summed E-state index contributed by atoms with van der Waals surface area (Å²) in [6, 6.07) is 26.3. The number of hydrogen-bond acceptors (Lipinski definition) is 5. The maximum absolute atomic E-state index is 11.6. The molecule has 1 aliphatic rings. The fourth-order valence-electron chi connectivity index (χ4n) is 4.84. The average Bonchev–Trinajstić information content (AvgIpc) is 3.35. The molecular weight excluding hydrogens is 472 g/mol. The second kappa shape index (κ2) is 9.09. The van der Waals surface area contributed by atoms with Gasteiger partial charge in [0.05, 0.1) is 11.1 Å². The molecule has 0 radical (unpaired) electrons. The highest BCUT2D eigenvalue weighted by Gasteiger charge is 2.31. The zero-order chi connectivity index (χ0) is 24.7. The van der Waals surface area contributed by atoms with Gasteiger partial charge in [-0.25, -0.2) is 9.78 Å². The molecule has 0 saturated carbocycles. The van der Waals surface area contributed by atoms with E-state index in [9.17, 15) is 15.0 Å². The molecule has 5 aromatic rings. The Morgan fingerprint density at radius 1 is 0.944 bits per heavy atom. The van der Waals surface area contributed by atoms with Crippen molar-refractivity contribution < 1.29 is 19.7 Å². The first-order valence-corrected chi connectivity index (χ1v) is 12.6. The predicted molar refractivity (Wildman–Crippen MR) is 140 cm³/mol. The Kier molecular flexibility index (Phi) is 5.76. The number of hydrogen-bond donors (Lipinski definition) is 2. The molecule has 2 aromatic heterocycles. The number of fused-ring (bicyclic) bond motifs is 3. The number of nitrogens with zero attached hydrogens (tertiary/aromatic N) is 2. The highest BCUT2D eigenvalue weighted by atomic mass is 32.2. The van der Waals surface area contributed by atoms with Crippen molar-refractivity contribution in [3.8, 4) is 11.1 Å². The minimum Gasteiger partial charge on any atom is -0.476 e. The molecule has 1 fully saturated rings. The van der Waals surface area contributed by atoms with E-state index in [1.54, 1.807) is 18.0 Å². The number of benzene rings is 3. The third kappa shape index (κ3) is 4.15. The van der Waals surface area contributed by atoms with E-state index in [0.29, 0.717) is 31.7 Å². The van der Waals surface area contributed by atoms with Gasteiger partial charge in [-0.15, -0.1) is 0 Å². The topological polar surface area (TPSA) is 84.1 Å². The zero-order valence-electron chi connectivity index (χ0n) is 19.4. The highest BCUT2D eigenvalue weighted by Crippen LogP contribution is 2.38. The summed E-state index contributed by atoms with van der Waals surface area (Å²) in [5.41, 5.74) is 3.57. The number of carboxylic acid groups (broad SMARTS) is 1. The Hall–Kier alpha value is -3.65. The van der Waals surface area contributed by atoms with Crippen LogP contribution in [0, 0.1) is 0 Å². The summed E-state index contributed by atoms with van der Waals surface area (Å²) in [6.45, 7) is 1.11. The fourth-order valence-corrected chi connectivity index (χ4v) is 5.75. The number of carbonyl (C=O) groups is 1. The van der Waals surface area contributed by atoms with Crippen LogP contribution < -0.4 is 0 Å². The van der Waals surface area contributed by atoms with Gasteiger partial charge in [0.15, 0.2) is 5.69 Å². The van der Waals surface area contributed by atoms with E-state index < -0.39 is 11.6 Å². The van der Waals surface area contributed by atoms with Gasteiger partial charge in [0.25, 0.3) is 0 Å². The number of rotatable bonds is 5. The molecule has 1 aliphatic heterocycles. The third-order valence-electron chi connectivity index (χ3n) is 6.76. The van der Waals surface area contributed by atoms with Crippen LogP contribution in [0.2, 0.25) is 0 Å². The van der Waals surface area contributed by atoms with Crippen LogP contribution in [0.4, 0.5) is 0 Å². The van der Waals surface area contributed by atoms with Gasteiger partial charge in [-0.2, -0.15) is 0 Å². The van der Waals surface area contributed by atoms with Crippen molar-refractivity contribution in [2.45, 2.75) is 28.2 Å². The van der Waals surface area contributed by atoms with Crippen LogP contribution in [0.1, 0.15) is 28.9 Å². The zero-order valence-corrected chi connectivity index (χ0v) is 20.2. The summed E-state index contributed by atoms with van der Waals surface area (Å²) in [4.78, 5) is 18.0. The molecule has 0 bridgehead atoms. The fraction of sp³-hybridized carbons (Fsp3) is 0.172. The summed E-state index contributed by atoms with van der Waals surface area (Å²) < 4.78 is 7.28. The Morgan fingerprint density at radius 3 is 2.50 bits per heavy atom. The summed E-state index contributed by atoms with van der Waals surface area (Å²) >= 11 is 1.61. The molecule has 180 valence electrons. The minimum atomic E-state index is -1.05. The first kappa shape index (κ1) is 22.8. The summed E-state index contributed by atoms with van der Waals surface area (Å²) in [7, 11) is 0. The van der Waals surface area contributed by atoms with E-state index in [1.807, 2.05) is 59.0 Å². The van der Waals surface area contributed by atoms with Gasteiger partial charge in [0, 0.05) is 47.4 Å². The number of aliphatic hydroxyl groups is 1. The molecule has 2 N–H and O–H groups in total. The quantitative estimate of drug-likeness (QED) is 0.310. The Labute approximate surface area is 212 Å². The van der Waals surface area contributed by atoms with E-state index in [-0.39, 0.29) is 5.69 Å². The standard InChI is InChI=1S/C29H24N2O4S/c32-28(33)25-18-31-26-16-22(36-21-8-4-7-20(15-21)29(34)11-13-35-14-12-29)9-10-23(26)24(17-27(31)30-25)19-5-2-1-3-6-19/h1-10,15-18,34H,11-14H2,(H,32,33). The van der Waals surface area contributed by atoms with Gasteiger partial charge < -0.3 is 14.9 Å². The van der Waals surface area contributed by atoms with E-state index in [2.05, 4.69) is 29.2 Å². The number of ether oxygens (including phenoxy) is 1. The van der Waals surface area contributed by atoms with Crippen molar-refractivity contribution in [2.24, 2.45) is 0 Å². The molecule has 0 unspecified atom stereocenters. The van der Waals surface area contributed by atoms with Crippen molar-refractivity contribution in [3.05, 3.63) is 96.3 Å². The number of carboxylic acids is 1. The molecule has 3 aromatic carbocycles. The third-order valence-corrected chi connectivity index (χ3v) is 7.74. The van der Waals surface area contributed by atoms with E-state index in [4.69, 9.17) is 4.74 Å². The summed E-state index contributed by atoms with van der Waals surface area (Å²) in [6.07, 6.45) is 2.75. The van der Waals surface area contributed by atoms with Gasteiger partial charge in [-0.05, 0) is 47.0 Å². The van der Waals surface area contributed by atoms with Crippen molar-refractivity contribution in [3.63, 3.8) is 0 Å².